The van der Waals surface area contributed by atoms with Crippen molar-refractivity contribution < 1.29 is 28.7 Å². The summed E-state index contributed by atoms with van der Waals surface area (Å²) >= 11 is 0. The number of carbonyl (C=O) groups is 4. The van der Waals surface area contributed by atoms with Crippen molar-refractivity contribution >= 4 is 34.7 Å². The van der Waals surface area contributed by atoms with Crippen LogP contribution in [0.2, 0.25) is 0 Å². The molecule has 4 heterocycles. The molecule has 2 aromatic heterocycles. The number of furan rings is 1. The number of phenols is 1. The van der Waals surface area contributed by atoms with Crippen LogP contribution in [0.5, 0.6) is 5.75 Å². The number of carbonyl (C=O) groups excluding carboxylic acids is 4. The number of urea groups is 1. The molecule has 0 spiro atoms. The van der Waals surface area contributed by atoms with Crippen LogP contribution in [0.25, 0.3) is 22.2 Å². The topological polar surface area (TPSA) is 144 Å². The van der Waals surface area contributed by atoms with Crippen molar-refractivity contribution in [3.05, 3.63) is 126 Å². The summed E-state index contributed by atoms with van der Waals surface area (Å²) in [7, 11) is 3.46. The third-order valence-corrected chi connectivity index (χ3v) is 9.80. The van der Waals surface area contributed by atoms with Gasteiger partial charge in [0.25, 0.3) is 5.91 Å². The van der Waals surface area contributed by atoms with Gasteiger partial charge in [0, 0.05) is 57.3 Å². The van der Waals surface area contributed by atoms with Crippen molar-refractivity contribution in [2.75, 3.05) is 26.7 Å². The number of aromatic hydroxyl groups is 1. The molecule has 2 saturated heterocycles. The Bertz CT molecular complexity index is 2180. The lowest BCUT2D eigenvalue weighted by atomic mass is 9.98. The Labute approximate surface area is 306 Å². The summed E-state index contributed by atoms with van der Waals surface area (Å²) in [6, 6.07) is 24.0. The predicted octanol–water partition coefficient (Wildman–Crippen LogP) is 4.24. The summed E-state index contributed by atoms with van der Waals surface area (Å²) in [4.78, 5) is 58.2. The number of para-hydroxylation sites is 1. The monoisotopic (exact) mass is 715 g/mol. The Hall–Kier alpha value is -6.34. The molecule has 13 nitrogen and oxygen atoms in total. The first-order valence-corrected chi connectivity index (χ1v) is 17.4. The van der Waals surface area contributed by atoms with Gasteiger partial charge < -0.3 is 34.5 Å². The van der Waals surface area contributed by atoms with E-state index in [1.165, 1.54) is 0 Å². The van der Waals surface area contributed by atoms with E-state index in [1.54, 1.807) is 69.3 Å². The van der Waals surface area contributed by atoms with E-state index in [4.69, 9.17) is 4.42 Å². The van der Waals surface area contributed by atoms with Crippen LogP contribution < -0.4 is 10.6 Å². The fourth-order valence-corrected chi connectivity index (χ4v) is 7.36. The second-order valence-electron chi connectivity index (χ2n) is 13.2. The van der Waals surface area contributed by atoms with E-state index in [1.807, 2.05) is 66.3 Å². The summed E-state index contributed by atoms with van der Waals surface area (Å²) in [6.07, 6.45) is 2.94. The zero-order valence-corrected chi connectivity index (χ0v) is 29.6. The molecule has 7 rings (SSSR count). The average molecular weight is 716 g/mol. The molecule has 0 bridgehead atoms. The molecule has 2 aliphatic rings. The summed E-state index contributed by atoms with van der Waals surface area (Å²) in [6.45, 7) is 4.53. The quantitative estimate of drug-likeness (QED) is 0.184. The zero-order chi connectivity index (χ0) is 37.2. The first-order chi connectivity index (χ1) is 25.7. The van der Waals surface area contributed by atoms with Crippen LogP contribution in [-0.2, 0) is 36.1 Å². The first-order valence-electron chi connectivity index (χ1n) is 17.4. The highest BCUT2D eigenvalue weighted by Gasteiger charge is 2.51. The molecular weight excluding hydrogens is 674 g/mol. The van der Waals surface area contributed by atoms with Crippen LogP contribution in [0.4, 0.5) is 4.79 Å². The number of aromatic nitrogens is 1. The highest BCUT2D eigenvalue weighted by atomic mass is 16.4. The molecule has 3 N–H and O–H groups in total. The number of nitrogens with one attached hydrogen (secondary N) is 2. The molecule has 2 atom stereocenters. The minimum absolute atomic E-state index is 0.0599. The van der Waals surface area contributed by atoms with E-state index in [-0.39, 0.29) is 68.4 Å². The fraction of sp³-hybridized carbons (Fsp3) is 0.250. The summed E-state index contributed by atoms with van der Waals surface area (Å²) in [5, 5.41) is 19.6. The lowest BCUT2D eigenvalue weighted by molar-refractivity contribution is -0.189. The van der Waals surface area contributed by atoms with Crippen LogP contribution >= 0.6 is 0 Å². The van der Waals surface area contributed by atoms with Gasteiger partial charge in [-0.15, -0.1) is 6.58 Å². The maximum Gasteiger partial charge on any atom is 0.334 e. The van der Waals surface area contributed by atoms with Gasteiger partial charge in [-0.25, -0.2) is 14.8 Å². The number of aryl methyl sites for hydroxylation is 1. The molecule has 0 saturated carbocycles. The van der Waals surface area contributed by atoms with Crippen LogP contribution in [-0.4, -0.2) is 92.1 Å². The van der Waals surface area contributed by atoms with E-state index in [2.05, 4.69) is 17.2 Å². The second kappa shape index (κ2) is 14.7. The van der Waals surface area contributed by atoms with E-state index in [0.717, 1.165) is 33.2 Å². The molecule has 2 fully saturated rings. The molecule has 0 unspecified atom stereocenters. The number of amides is 5. The smallest absolute Gasteiger partial charge is 0.334 e. The molecule has 0 radical (unpaired) electrons. The van der Waals surface area contributed by atoms with Crippen molar-refractivity contribution in [1.82, 2.24) is 35.0 Å². The van der Waals surface area contributed by atoms with Gasteiger partial charge in [-0.1, -0.05) is 66.7 Å². The van der Waals surface area contributed by atoms with Gasteiger partial charge >= 0.3 is 6.03 Å². The summed E-state index contributed by atoms with van der Waals surface area (Å²) in [5.41, 5.74) is 4.19. The van der Waals surface area contributed by atoms with Crippen molar-refractivity contribution in [2.45, 2.75) is 31.7 Å². The predicted molar refractivity (Wildman–Crippen MR) is 198 cm³/mol. The third-order valence-electron chi connectivity index (χ3n) is 9.80. The Balaban J connectivity index is 1.26. The summed E-state index contributed by atoms with van der Waals surface area (Å²) in [5.74, 6) is -0.0316. The normalized spacial score (nSPS) is 17.6. The zero-order valence-electron chi connectivity index (χ0n) is 29.6. The van der Waals surface area contributed by atoms with Gasteiger partial charge in [-0.2, -0.15) is 0 Å². The maximum absolute atomic E-state index is 14.6. The number of fused-ring (bicyclic) bond motifs is 2. The number of nitrogens with zero attached hydrogens (tertiary/aromatic N) is 5. The van der Waals surface area contributed by atoms with E-state index in [9.17, 15) is 24.3 Å². The standard InChI is InChI=1S/C40H41N7O6/c1-4-19-45-25-36(49)46-32(20-26-13-15-29(48)16-14-26)39(51)44(24-35(46)47(45)40(52)42-21-27-9-6-5-7-10-27)22-28-11-8-12-30-31(23-43(3)37(28)30)33-17-18-34(53-33)38(50)41-2/h4-18,23,32,35,48H,1,19-22,24-25H2,2-3H3,(H,41,50)(H,42,52)/t32-,35-/m0/s1. The van der Waals surface area contributed by atoms with Gasteiger partial charge in [0.2, 0.25) is 11.8 Å². The largest absolute Gasteiger partial charge is 0.508 e. The van der Waals surface area contributed by atoms with E-state index in [0.29, 0.717) is 5.76 Å². The molecule has 13 heteroatoms. The maximum atomic E-state index is 14.6. The molecule has 3 aromatic carbocycles. The van der Waals surface area contributed by atoms with Gasteiger partial charge in [-0.05, 0) is 41.0 Å². The molecule has 0 aliphatic carbocycles. The fourth-order valence-electron chi connectivity index (χ4n) is 7.36. The van der Waals surface area contributed by atoms with E-state index < -0.39 is 18.2 Å². The first kappa shape index (κ1) is 35.1. The van der Waals surface area contributed by atoms with Crippen molar-refractivity contribution in [1.29, 1.82) is 0 Å². The number of hydrogen-bond donors (Lipinski definition) is 3. The van der Waals surface area contributed by atoms with Crippen LogP contribution in [0.3, 0.4) is 0 Å². The van der Waals surface area contributed by atoms with Crippen LogP contribution in [0.15, 0.2) is 108 Å². The van der Waals surface area contributed by atoms with E-state index >= 15 is 0 Å². The molecule has 5 amide bonds. The Morgan fingerprint density at radius 3 is 2.49 bits per heavy atom. The number of benzene rings is 3. The minimum atomic E-state index is -0.921. The van der Waals surface area contributed by atoms with Crippen LogP contribution in [0.1, 0.15) is 27.2 Å². The number of rotatable bonds is 10. The number of piperazine rings is 1. The molecule has 2 aliphatic heterocycles. The Morgan fingerprint density at radius 2 is 1.75 bits per heavy atom. The van der Waals surface area contributed by atoms with Gasteiger partial charge in [0.1, 0.15) is 23.7 Å². The SMILES string of the molecule is C=CCN1CC(=O)N2[C@@H](Cc3ccc(O)cc3)C(=O)N(Cc3cccc4c(-c5ccc(C(=O)NC)o5)cn(C)c34)C[C@@H]2N1C(=O)NCc1ccccc1. The lowest BCUT2D eigenvalue weighted by Crippen LogP contribution is -2.76. The highest BCUT2D eigenvalue weighted by Crippen LogP contribution is 2.35. The number of hydrazine groups is 1. The molecular formula is C40H41N7O6. The van der Waals surface area contributed by atoms with Crippen LogP contribution in [0, 0.1) is 0 Å². The number of hydrogen-bond acceptors (Lipinski definition) is 7. The second-order valence-corrected chi connectivity index (χ2v) is 13.2. The van der Waals surface area contributed by atoms with Crippen molar-refractivity contribution in [3.63, 3.8) is 0 Å². The Morgan fingerprint density at radius 1 is 0.981 bits per heavy atom. The number of phenolic OH excluding ortho intramolecular Hbond substituents is 1. The van der Waals surface area contributed by atoms with Gasteiger partial charge in [-0.3, -0.25) is 14.4 Å². The average Bonchev–Trinajstić information content (AvgIpc) is 3.79. The lowest BCUT2D eigenvalue weighted by Gasteiger charge is -2.55. The van der Waals surface area contributed by atoms with Gasteiger partial charge in [0.05, 0.1) is 18.6 Å². The molecule has 53 heavy (non-hydrogen) atoms. The summed E-state index contributed by atoms with van der Waals surface area (Å²) < 4.78 is 7.88. The highest BCUT2D eigenvalue weighted by molar-refractivity contribution is 5.98. The third kappa shape index (κ3) is 6.86. The Kier molecular flexibility index (Phi) is 9.74. The van der Waals surface area contributed by atoms with Crippen molar-refractivity contribution in [2.24, 2.45) is 7.05 Å². The molecule has 5 aromatic rings. The van der Waals surface area contributed by atoms with Gasteiger partial charge in [0.15, 0.2) is 5.76 Å². The minimum Gasteiger partial charge on any atom is -0.508 e. The molecule has 272 valence electrons. The van der Waals surface area contributed by atoms with Crippen molar-refractivity contribution in [3.8, 4) is 17.1 Å².